The molecule has 0 aliphatic carbocycles. The van der Waals surface area contributed by atoms with Crippen molar-refractivity contribution in [1.82, 2.24) is 4.90 Å². The van der Waals surface area contributed by atoms with Crippen molar-refractivity contribution in [2.24, 2.45) is 0 Å². The molecule has 1 amide bonds. The topological polar surface area (TPSA) is 119 Å². The van der Waals surface area contributed by atoms with Crippen molar-refractivity contribution >= 4 is 35.6 Å². The molecule has 2 heterocycles. The average Bonchev–Trinajstić information content (AvgIpc) is 2.80. The van der Waals surface area contributed by atoms with E-state index in [9.17, 15) is 24.3 Å². The van der Waals surface area contributed by atoms with Crippen LogP contribution < -0.4 is 0 Å². The molecular formula is C22H23NO8S. The van der Waals surface area contributed by atoms with Gasteiger partial charge in [0.15, 0.2) is 5.60 Å². The van der Waals surface area contributed by atoms with E-state index in [2.05, 4.69) is 11.3 Å². The molecule has 2 aliphatic heterocycles. The number of fused-ring (bicyclic) bond motifs is 1. The zero-order valence-corrected chi connectivity index (χ0v) is 18.5. The molecule has 0 bridgehead atoms. The number of rotatable bonds is 8. The van der Waals surface area contributed by atoms with Crippen LogP contribution in [0.15, 0.2) is 53.8 Å². The number of hydrogen-bond donors (Lipinski definition) is 1. The zero-order valence-electron chi connectivity index (χ0n) is 17.7. The average molecular weight is 461 g/mol. The molecule has 1 aromatic rings. The summed E-state index contributed by atoms with van der Waals surface area (Å²) >= 11 is 1.19. The quantitative estimate of drug-likeness (QED) is 0.264. The van der Waals surface area contributed by atoms with Crippen molar-refractivity contribution in [3.05, 3.63) is 59.3 Å². The van der Waals surface area contributed by atoms with Crippen molar-refractivity contribution in [1.29, 1.82) is 0 Å². The van der Waals surface area contributed by atoms with Crippen LogP contribution in [0.1, 0.15) is 18.9 Å². The van der Waals surface area contributed by atoms with Crippen molar-refractivity contribution in [2.45, 2.75) is 30.9 Å². The van der Waals surface area contributed by atoms with E-state index in [0.29, 0.717) is 5.57 Å². The van der Waals surface area contributed by atoms with Gasteiger partial charge in [0.25, 0.3) is 5.91 Å². The normalized spacial score (nSPS) is 21.9. The SMILES string of the molecule is C=C(C[C@@]1(O)C(=O)N2C(C(=O)OCc3ccccc3)=C(COC(C)=O)CS[C@@H]21)C(=O)OC. The molecule has 0 saturated carbocycles. The lowest BCUT2D eigenvalue weighted by Gasteiger charge is -2.54. The van der Waals surface area contributed by atoms with Gasteiger partial charge in [-0.2, -0.15) is 0 Å². The number of carbonyl (C=O) groups is 4. The maximum atomic E-state index is 13.0. The Morgan fingerprint density at radius 2 is 1.91 bits per heavy atom. The highest BCUT2D eigenvalue weighted by atomic mass is 32.2. The maximum Gasteiger partial charge on any atom is 0.355 e. The Balaban J connectivity index is 1.84. The molecule has 1 aromatic carbocycles. The fourth-order valence-corrected chi connectivity index (χ4v) is 4.84. The summed E-state index contributed by atoms with van der Waals surface area (Å²) in [5.41, 5.74) is -0.906. The monoisotopic (exact) mass is 461 g/mol. The first kappa shape index (κ1) is 23.6. The van der Waals surface area contributed by atoms with Gasteiger partial charge in [0.05, 0.1) is 7.11 Å². The van der Waals surface area contributed by atoms with Gasteiger partial charge in [-0.1, -0.05) is 36.9 Å². The lowest BCUT2D eigenvalue weighted by atomic mass is 9.84. The summed E-state index contributed by atoms with van der Waals surface area (Å²) in [6.45, 7) is 4.59. The number of esters is 3. The molecule has 0 spiro atoms. The van der Waals surface area contributed by atoms with Gasteiger partial charge in [-0.15, -0.1) is 11.8 Å². The molecule has 2 aliphatic rings. The van der Waals surface area contributed by atoms with E-state index in [4.69, 9.17) is 9.47 Å². The summed E-state index contributed by atoms with van der Waals surface area (Å²) < 4.78 is 15.0. The van der Waals surface area contributed by atoms with Crippen molar-refractivity contribution in [3.8, 4) is 0 Å². The van der Waals surface area contributed by atoms with Crippen LogP contribution in [0.25, 0.3) is 0 Å². The van der Waals surface area contributed by atoms with E-state index < -0.39 is 34.8 Å². The van der Waals surface area contributed by atoms with Crippen LogP contribution in [0, 0.1) is 0 Å². The first-order chi connectivity index (χ1) is 15.2. The predicted molar refractivity (Wildman–Crippen MR) is 114 cm³/mol. The number of methoxy groups -OCH3 is 1. The highest BCUT2D eigenvalue weighted by Gasteiger charge is 2.64. The number of carbonyl (C=O) groups excluding carboxylic acids is 4. The number of nitrogens with zero attached hydrogens (tertiary/aromatic N) is 1. The summed E-state index contributed by atoms with van der Waals surface area (Å²) in [5, 5.41) is 10.1. The van der Waals surface area contributed by atoms with Gasteiger partial charge < -0.3 is 19.3 Å². The molecule has 2 atom stereocenters. The van der Waals surface area contributed by atoms with Gasteiger partial charge in [-0.25, -0.2) is 9.59 Å². The Morgan fingerprint density at radius 1 is 1.22 bits per heavy atom. The molecular weight excluding hydrogens is 438 g/mol. The number of β-lactam (4-membered cyclic amide) rings is 1. The van der Waals surface area contributed by atoms with Gasteiger partial charge in [-0.3, -0.25) is 14.5 Å². The molecule has 170 valence electrons. The number of hydrogen-bond acceptors (Lipinski definition) is 9. The van der Waals surface area contributed by atoms with Gasteiger partial charge >= 0.3 is 17.9 Å². The third-order valence-corrected chi connectivity index (χ3v) is 6.47. The van der Waals surface area contributed by atoms with E-state index in [0.717, 1.165) is 10.5 Å². The molecule has 10 heteroatoms. The third-order valence-electron chi connectivity index (χ3n) is 5.04. The Hall–Kier alpha value is -3.11. The Bertz CT molecular complexity index is 989. The lowest BCUT2D eigenvalue weighted by Crippen LogP contribution is -2.74. The molecule has 32 heavy (non-hydrogen) atoms. The third kappa shape index (κ3) is 4.56. The van der Waals surface area contributed by atoms with Crippen LogP contribution in [-0.2, 0) is 40.0 Å². The molecule has 3 rings (SSSR count). The van der Waals surface area contributed by atoms with Gasteiger partial charge in [0.2, 0.25) is 0 Å². The van der Waals surface area contributed by atoms with Gasteiger partial charge in [0.1, 0.15) is 24.3 Å². The van der Waals surface area contributed by atoms with Crippen LogP contribution in [0.2, 0.25) is 0 Å². The standard InChI is InChI=1S/C22H23NO8S/c1-13(18(25)29-3)9-22(28)20(27)23-17(16(11-30-14(2)24)12-32-21(22)23)19(26)31-10-15-7-5-4-6-8-15/h4-8,21,28H,1,9-12H2,2-3H3/t21-,22-/m1/s1. The Kier molecular flexibility index (Phi) is 7.05. The number of aliphatic hydroxyl groups is 1. The van der Waals surface area contributed by atoms with Crippen molar-refractivity contribution in [2.75, 3.05) is 19.5 Å². The van der Waals surface area contributed by atoms with E-state index in [1.165, 1.54) is 25.8 Å². The molecule has 1 N–H and O–H groups in total. The largest absolute Gasteiger partial charge is 0.466 e. The summed E-state index contributed by atoms with van der Waals surface area (Å²) in [5.74, 6) is -2.61. The fraction of sp³-hybridized carbons (Fsp3) is 0.364. The van der Waals surface area contributed by atoms with E-state index >= 15 is 0 Å². The highest BCUT2D eigenvalue weighted by molar-refractivity contribution is 8.00. The molecule has 0 radical (unpaired) electrons. The lowest BCUT2D eigenvalue weighted by molar-refractivity contribution is -0.179. The summed E-state index contributed by atoms with van der Waals surface area (Å²) in [6.07, 6.45) is -0.335. The van der Waals surface area contributed by atoms with Gasteiger partial charge in [-0.05, 0) is 5.56 Å². The van der Waals surface area contributed by atoms with E-state index in [-0.39, 0.29) is 36.7 Å². The van der Waals surface area contributed by atoms with E-state index in [1.54, 1.807) is 24.3 Å². The highest BCUT2D eigenvalue weighted by Crippen LogP contribution is 2.48. The first-order valence-corrected chi connectivity index (χ1v) is 10.7. The van der Waals surface area contributed by atoms with Crippen molar-refractivity contribution < 1.29 is 38.5 Å². The number of amides is 1. The second-order valence-electron chi connectivity index (χ2n) is 7.33. The Labute approximate surface area is 189 Å². The minimum absolute atomic E-state index is 0.0206. The fourth-order valence-electron chi connectivity index (χ4n) is 3.46. The Morgan fingerprint density at radius 3 is 2.53 bits per heavy atom. The minimum atomic E-state index is -1.92. The summed E-state index contributed by atoms with van der Waals surface area (Å²) in [7, 11) is 1.17. The molecule has 0 aromatic heterocycles. The molecule has 1 saturated heterocycles. The number of benzene rings is 1. The summed E-state index contributed by atoms with van der Waals surface area (Å²) in [6, 6.07) is 9.00. The van der Waals surface area contributed by atoms with Crippen LogP contribution in [0.5, 0.6) is 0 Å². The molecule has 9 nitrogen and oxygen atoms in total. The summed E-state index contributed by atoms with van der Waals surface area (Å²) in [4.78, 5) is 50.0. The molecule has 1 fully saturated rings. The van der Waals surface area contributed by atoms with Gasteiger partial charge in [0, 0.05) is 30.2 Å². The smallest absolute Gasteiger partial charge is 0.355 e. The van der Waals surface area contributed by atoms with Crippen LogP contribution in [-0.4, -0.2) is 64.3 Å². The van der Waals surface area contributed by atoms with Crippen LogP contribution in [0.4, 0.5) is 0 Å². The van der Waals surface area contributed by atoms with E-state index in [1.807, 2.05) is 6.07 Å². The predicted octanol–water partition coefficient (Wildman–Crippen LogP) is 1.31. The zero-order chi connectivity index (χ0) is 23.5. The number of thioether (sulfide) groups is 1. The van der Waals surface area contributed by atoms with Crippen LogP contribution in [0.3, 0.4) is 0 Å². The first-order valence-electron chi connectivity index (χ1n) is 9.69. The minimum Gasteiger partial charge on any atom is -0.466 e. The second kappa shape index (κ2) is 9.58. The van der Waals surface area contributed by atoms with Crippen molar-refractivity contribution in [3.63, 3.8) is 0 Å². The molecule has 0 unspecified atom stereocenters. The maximum absolute atomic E-state index is 13.0. The van der Waals surface area contributed by atoms with Crippen LogP contribution >= 0.6 is 11.8 Å². The number of ether oxygens (including phenoxy) is 3. The second-order valence-corrected chi connectivity index (χ2v) is 8.40.